The van der Waals surface area contributed by atoms with Gasteiger partial charge in [0.05, 0.1) is 16.9 Å². The normalized spacial score (nSPS) is 17.8. The van der Waals surface area contributed by atoms with E-state index in [-0.39, 0.29) is 22.2 Å². The molecule has 3 N–H and O–H groups in total. The number of piperidine rings is 1. The van der Waals surface area contributed by atoms with Crippen LogP contribution in [0.1, 0.15) is 81.4 Å². The molecule has 0 amide bonds. The molecule has 0 bridgehead atoms. The van der Waals surface area contributed by atoms with Gasteiger partial charge >= 0.3 is 5.97 Å². The van der Waals surface area contributed by atoms with Gasteiger partial charge in [0.1, 0.15) is 16.8 Å². The lowest BCUT2D eigenvalue weighted by Gasteiger charge is -2.41. The Morgan fingerprint density at radius 3 is 2.48 bits per heavy atom. The highest BCUT2D eigenvalue weighted by Gasteiger charge is 2.37. The number of aryl methyl sites for hydroxylation is 1. The molecule has 2 aliphatic rings. The molecule has 1 fully saturated rings. The minimum Gasteiger partial charge on any atom is -0.479 e. The van der Waals surface area contributed by atoms with E-state index in [0.29, 0.717) is 16.8 Å². The third-order valence-corrected chi connectivity index (χ3v) is 9.15. The van der Waals surface area contributed by atoms with Crippen LogP contribution in [0.5, 0.6) is 0 Å². The molecule has 0 spiro atoms. The number of halogens is 2. The summed E-state index contributed by atoms with van der Waals surface area (Å²) >= 11 is 6.77. The third-order valence-electron chi connectivity index (χ3n) is 8.86. The molecule has 3 heterocycles. The third kappa shape index (κ3) is 7.03. The zero-order chi connectivity index (χ0) is 32.0. The fraction of sp³-hybridized carbons (Fsp3) is 0.486. The number of carboxylic acid groups (broad SMARTS) is 1. The predicted octanol–water partition coefficient (Wildman–Crippen LogP) is 7.56. The fourth-order valence-electron chi connectivity index (χ4n) is 6.32. The number of nitrogens with two attached hydrogens (primary N) is 1. The van der Waals surface area contributed by atoms with Crippen LogP contribution < -0.4 is 10.6 Å². The van der Waals surface area contributed by atoms with Crippen LogP contribution in [0.2, 0.25) is 5.15 Å². The molecule has 0 radical (unpaired) electrons. The van der Waals surface area contributed by atoms with Crippen molar-refractivity contribution in [3.05, 3.63) is 75.2 Å². The van der Waals surface area contributed by atoms with Gasteiger partial charge in [-0.25, -0.2) is 14.2 Å². The molecule has 1 aromatic heterocycles. The molecule has 2 aromatic carbocycles. The standard InChI is InChI=1S/C35H44ClFN4O3/c1-21-17-26(37)10-9-24(21)19-40-14-11-22-18-23(7-8-25(22)20-40)27-29(41-15-12-35(5,6)13-16-41)28(31(36)39-32(27)38)30(33(42)43)44-34(2,3)4/h7-10,17-18,30H,11-16,19-20H2,1-6H3,(H2,38,39)(H,42,43)/t30-/m0/s1. The Morgan fingerprint density at radius 1 is 1.14 bits per heavy atom. The molecule has 0 unspecified atom stereocenters. The highest BCUT2D eigenvalue weighted by Crippen LogP contribution is 2.47. The minimum absolute atomic E-state index is 0.0485. The first-order valence-corrected chi connectivity index (χ1v) is 15.7. The summed E-state index contributed by atoms with van der Waals surface area (Å²) < 4.78 is 19.8. The Bertz CT molecular complexity index is 1560. The van der Waals surface area contributed by atoms with Crippen molar-refractivity contribution in [2.24, 2.45) is 5.41 Å². The molecular weight excluding hydrogens is 579 g/mol. The monoisotopic (exact) mass is 622 g/mol. The van der Waals surface area contributed by atoms with Gasteiger partial charge in [-0.3, -0.25) is 4.90 Å². The fourth-order valence-corrected chi connectivity index (χ4v) is 6.60. The van der Waals surface area contributed by atoms with Gasteiger partial charge in [-0.1, -0.05) is 49.7 Å². The van der Waals surface area contributed by atoms with Crippen molar-refractivity contribution in [2.75, 3.05) is 30.3 Å². The smallest absolute Gasteiger partial charge is 0.337 e. The lowest BCUT2D eigenvalue weighted by molar-refractivity contribution is -0.160. The second-order valence-electron chi connectivity index (χ2n) is 14.0. The van der Waals surface area contributed by atoms with Gasteiger partial charge in [-0.05, 0) is 92.3 Å². The zero-order valence-corrected chi connectivity index (χ0v) is 27.4. The van der Waals surface area contributed by atoms with E-state index in [1.54, 1.807) is 6.07 Å². The summed E-state index contributed by atoms with van der Waals surface area (Å²) in [6.45, 7) is 15.8. The summed E-state index contributed by atoms with van der Waals surface area (Å²) in [4.78, 5) is 21.8. The van der Waals surface area contributed by atoms with Gasteiger partial charge in [-0.15, -0.1) is 0 Å². The second-order valence-corrected chi connectivity index (χ2v) is 14.4. The maximum Gasteiger partial charge on any atom is 0.337 e. The Balaban J connectivity index is 1.56. The minimum atomic E-state index is -1.32. The molecule has 9 heteroatoms. The summed E-state index contributed by atoms with van der Waals surface area (Å²) in [5, 5.41) is 10.4. The van der Waals surface area contributed by atoms with E-state index in [1.807, 2.05) is 39.8 Å². The lowest BCUT2D eigenvalue weighted by Crippen LogP contribution is -2.39. The number of hydrogen-bond acceptors (Lipinski definition) is 6. The van der Waals surface area contributed by atoms with E-state index in [2.05, 4.69) is 40.8 Å². The van der Waals surface area contributed by atoms with Gasteiger partial charge in [-0.2, -0.15) is 0 Å². The molecule has 1 saturated heterocycles. The number of fused-ring (bicyclic) bond motifs is 1. The average Bonchev–Trinajstić information content (AvgIpc) is 2.92. The lowest BCUT2D eigenvalue weighted by atomic mass is 9.82. The number of carbonyl (C=O) groups is 1. The highest BCUT2D eigenvalue weighted by molar-refractivity contribution is 6.31. The molecule has 236 valence electrons. The molecule has 0 aliphatic carbocycles. The number of pyridine rings is 1. The number of benzene rings is 2. The number of aliphatic carboxylic acids is 1. The maximum atomic E-state index is 13.6. The van der Waals surface area contributed by atoms with E-state index < -0.39 is 17.7 Å². The summed E-state index contributed by atoms with van der Waals surface area (Å²) in [5.74, 6) is -1.07. The number of nitrogen functional groups attached to an aromatic ring is 1. The molecule has 3 aromatic rings. The van der Waals surface area contributed by atoms with E-state index in [4.69, 9.17) is 22.1 Å². The van der Waals surface area contributed by atoms with Crippen LogP contribution in [0.3, 0.4) is 0 Å². The van der Waals surface area contributed by atoms with Gasteiger partial charge in [0.15, 0.2) is 6.10 Å². The van der Waals surface area contributed by atoms with Gasteiger partial charge < -0.3 is 20.5 Å². The molecule has 0 saturated carbocycles. The Morgan fingerprint density at radius 2 is 1.84 bits per heavy atom. The first-order valence-electron chi connectivity index (χ1n) is 15.4. The Labute approximate surface area is 265 Å². The van der Waals surface area contributed by atoms with Crippen LogP contribution in [-0.2, 0) is 29.0 Å². The topological polar surface area (TPSA) is 91.9 Å². The van der Waals surface area contributed by atoms with Crippen molar-refractivity contribution < 1.29 is 19.0 Å². The molecule has 7 nitrogen and oxygen atoms in total. The first-order chi connectivity index (χ1) is 20.6. The van der Waals surface area contributed by atoms with Crippen molar-refractivity contribution in [1.29, 1.82) is 0 Å². The number of anilines is 2. The zero-order valence-electron chi connectivity index (χ0n) is 26.6. The SMILES string of the molecule is Cc1cc(F)ccc1CN1CCc2cc(-c3c(N)nc(Cl)c([C@H](OC(C)(C)C)C(=O)O)c3N3CCC(C)(C)CC3)ccc2C1. The van der Waals surface area contributed by atoms with Crippen LogP contribution in [-0.4, -0.2) is 46.2 Å². The van der Waals surface area contributed by atoms with Crippen LogP contribution >= 0.6 is 11.6 Å². The molecule has 2 aliphatic heterocycles. The number of aromatic nitrogens is 1. The van der Waals surface area contributed by atoms with E-state index in [9.17, 15) is 14.3 Å². The Kier molecular flexibility index (Phi) is 9.00. The van der Waals surface area contributed by atoms with E-state index in [0.717, 1.165) is 68.7 Å². The molecule has 1 atom stereocenters. The van der Waals surface area contributed by atoms with Crippen molar-refractivity contribution in [3.8, 4) is 11.1 Å². The predicted molar refractivity (Wildman–Crippen MR) is 174 cm³/mol. The number of ether oxygens (including phenoxy) is 1. The number of carboxylic acids is 1. The van der Waals surface area contributed by atoms with Crippen molar-refractivity contribution in [2.45, 2.75) is 85.6 Å². The van der Waals surface area contributed by atoms with E-state index >= 15 is 0 Å². The van der Waals surface area contributed by atoms with Crippen LogP contribution in [0.15, 0.2) is 36.4 Å². The summed E-state index contributed by atoms with van der Waals surface area (Å²) in [6, 6.07) is 11.3. The number of hydrogen-bond donors (Lipinski definition) is 2. The maximum absolute atomic E-state index is 13.6. The van der Waals surface area contributed by atoms with Crippen LogP contribution in [0.4, 0.5) is 15.9 Å². The summed E-state index contributed by atoms with van der Waals surface area (Å²) in [7, 11) is 0. The van der Waals surface area contributed by atoms with Crippen molar-refractivity contribution in [3.63, 3.8) is 0 Å². The van der Waals surface area contributed by atoms with Gasteiger partial charge in [0.2, 0.25) is 0 Å². The Hall–Kier alpha value is -3.20. The molecular formula is C35H44ClFN4O3. The quantitative estimate of drug-likeness (QED) is 0.263. The number of rotatable bonds is 7. The average molecular weight is 623 g/mol. The van der Waals surface area contributed by atoms with Gasteiger partial charge in [0, 0.05) is 38.3 Å². The largest absolute Gasteiger partial charge is 0.479 e. The first kappa shape index (κ1) is 32.2. The van der Waals surface area contributed by atoms with Crippen LogP contribution in [0.25, 0.3) is 11.1 Å². The number of nitrogens with zero attached hydrogens (tertiary/aromatic N) is 3. The van der Waals surface area contributed by atoms with Gasteiger partial charge in [0.25, 0.3) is 0 Å². The highest BCUT2D eigenvalue weighted by atomic mass is 35.5. The van der Waals surface area contributed by atoms with E-state index in [1.165, 1.54) is 17.2 Å². The molecule has 44 heavy (non-hydrogen) atoms. The summed E-state index contributed by atoms with van der Waals surface area (Å²) in [5.41, 5.74) is 13.2. The van der Waals surface area contributed by atoms with Crippen LogP contribution in [0, 0.1) is 18.2 Å². The summed E-state index contributed by atoms with van der Waals surface area (Å²) in [6.07, 6.45) is 1.41. The van der Waals surface area contributed by atoms with Crippen molar-refractivity contribution >= 4 is 29.1 Å². The van der Waals surface area contributed by atoms with Crippen molar-refractivity contribution in [1.82, 2.24) is 9.88 Å². The molecule has 5 rings (SSSR count). The second kappa shape index (κ2) is 12.3.